The predicted molar refractivity (Wildman–Crippen MR) is 61.3 cm³/mol. The Hall–Kier alpha value is -1.22. The summed E-state index contributed by atoms with van der Waals surface area (Å²) < 4.78 is 5.47. The van der Waals surface area contributed by atoms with Crippen molar-refractivity contribution in [1.82, 2.24) is 4.98 Å². The van der Waals surface area contributed by atoms with Crippen molar-refractivity contribution in [1.29, 1.82) is 0 Å². The summed E-state index contributed by atoms with van der Waals surface area (Å²) in [5, 5.41) is 0. The first-order valence-corrected chi connectivity index (χ1v) is 5.82. The normalized spacial score (nSPS) is 20.7. The van der Waals surface area contributed by atoms with Gasteiger partial charge in [-0.25, -0.2) is 0 Å². The number of pyridine rings is 1. The third-order valence-corrected chi connectivity index (χ3v) is 3.00. The van der Waals surface area contributed by atoms with Gasteiger partial charge in [0, 0.05) is 12.8 Å². The number of Topliss-reactive ketones (excluding diaryl/α,β-unsaturated/α-hetero) is 1. The largest absolute Gasteiger partial charge is 0.370 e. The Labute approximate surface area is 95.8 Å². The zero-order chi connectivity index (χ0) is 11.4. The van der Waals surface area contributed by atoms with E-state index in [4.69, 9.17) is 4.74 Å². The number of hydrogen-bond acceptors (Lipinski definition) is 3. The van der Waals surface area contributed by atoms with Crippen molar-refractivity contribution in [3.05, 3.63) is 29.6 Å². The van der Waals surface area contributed by atoms with Gasteiger partial charge in [-0.05, 0) is 37.8 Å². The first kappa shape index (κ1) is 11.3. The van der Waals surface area contributed by atoms with Gasteiger partial charge in [0.2, 0.25) is 0 Å². The minimum atomic E-state index is -0.199. The molecule has 1 saturated heterocycles. The Balaban J connectivity index is 1.99. The highest BCUT2D eigenvalue weighted by Gasteiger charge is 2.22. The van der Waals surface area contributed by atoms with Crippen LogP contribution in [0, 0.1) is 6.92 Å². The van der Waals surface area contributed by atoms with E-state index in [1.54, 1.807) is 6.20 Å². The number of hydrogen-bond donors (Lipinski definition) is 0. The van der Waals surface area contributed by atoms with E-state index in [2.05, 4.69) is 4.98 Å². The third-order valence-electron chi connectivity index (χ3n) is 3.00. The van der Waals surface area contributed by atoms with Gasteiger partial charge in [-0.15, -0.1) is 0 Å². The SMILES string of the molecule is Cc1cccnc1CC(=O)C1CCCCO1. The fraction of sp³-hybridized carbons (Fsp3) is 0.538. The van der Waals surface area contributed by atoms with Crippen LogP contribution in [-0.2, 0) is 16.0 Å². The van der Waals surface area contributed by atoms with Crippen LogP contribution in [-0.4, -0.2) is 23.5 Å². The van der Waals surface area contributed by atoms with Gasteiger partial charge in [-0.2, -0.15) is 0 Å². The Bertz CT molecular complexity index is 370. The number of carbonyl (C=O) groups excluding carboxylic acids is 1. The smallest absolute Gasteiger partial charge is 0.167 e. The fourth-order valence-electron chi connectivity index (χ4n) is 1.98. The summed E-state index contributed by atoms with van der Waals surface area (Å²) in [7, 11) is 0. The quantitative estimate of drug-likeness (QED) is 0.781. The number of nitrogens with zero attached hydrogens (tertiary/aromatic N) is 1. The highest BCUT2D eigenvalue weighted by molar-refractivity contribution is 5.85. The second kappa shape index (κ2) is 5.21. The van der Waals surface area contributed by atoms with Gasteiger partial charge in [-0.3, -0.25) is 9.78 Å². The topological polar surface area (TPSA) is 39.2 Å². The van der Waals surface area contributed by atoms with Crippen LogP contribution in [0.2, 0.25) is 0 Å². The van der Waals surface area contributed by atoms with E-state index in [1.807, 2.05) is 19.1 Å². The molecule has 86 valence electrons. The Morgan fingerprint density at radius 3 is 3.12 bits per heavy atom. The summed E-state index contributed by atoms with van der Waals surface area (Å²) in [6, 6.07) is 3.87. The monoisotopic (exact) mass is 219 g/mol. The van der Waals surface area contributed by atoms with Gasteiger partial charge >= 0.3 is 0 Å². The van der Waals surface area contributed by atoms with Crippen LogP contribution in [0.3, 0.4) is 0 Å². The molecule has 1 aliphatic rings. The van der Waals surface area contributed by atoms with Crippen molar-refractivity contribution in [2.24, 2.45) is 0 Å². The summed E-state index contributed by atoms with van der Waals surface area (Å²) in [6.07, 6.45) is 4.97. The number of aryl methyl sites for hydroxylation is 1. The number of aromatic nitrogens is 1. The summed E-state index contributed by atoms with van der Waals surface area (Å²) in [4.78, 5) is 16.2. The van der Waals surface area contributed by atoms with Crippen LogP contribution in [0.15, 0.2) is 18.3 Å². The van der Waals surface area contributed by atoms with Gasteiger partial charge < -0.3 is 4.74 Å². The molecule has 1 fully saturated rings. The first-order valence-electron chi connectivity index (χ1n) is 5.82. The lowest BCUT2D eigenvalue weighted by Crippen LogP contribution is -2.29. The van der Waals surface area contributed by atoms with E-state index >= 15 is 0 Å². The van der Waals surface area contributed by atoms with Gasteiger partial charge in [0.05, 0.1) is 12.1 Å². The predicted octanol–water partition coefficient (Wildman–Crippen LogP) is 2.07. The van der Waals surface area contributed by atoms with Crippen LogP contribution in [0.25, 0.3) is 0 Å². The van der Waals surface area contributed by atoms with E-state index in [0.29, 0.717) is 6.42 Å². The van der Waals surface area contributed by atoms with Gasteiger partial charge in [0.15, 0.2) is 5.78 Å². The average molecular weight is 219 g/mol. The van der Waals surface area contributed by atoms with Crippen molar-refractivity contribution >= 4 is 5.78 Å². The molecule has 1 aromatic heterocycles. The molecule has 3 nitrogen and oxygen atoms in total. The van der Waals surface area contributed by atoms with E-state index in [9.17, 15) is 4.79 Å². The molecule has 1 aliphatic heterocycles. The Morgan fingerprint density at radius 2 is 2.44 bits per heavy atom. The van der Waals surface area contributed by atoms with Crippen molar-refractivity contribution in [3.8, 4) is 0 Å². The number of carbonyl (C=O) groups is 1. The minimum absolute atomic E-state index is 0.168. The van der Waals surface area contributed by atoms with Gasteiger partial charge in [0.25, 0.3) is 0 Å². The average Bonchev–Trinajstić information content (AvgIpc) is 2.33. The Kier molecular flexibility index (Phi) is 3.67. The molecular formula is C13H17NO2. The van der Waals surface area contributed by atoms with Crippen LogP contribution >= 0.6 is 0 Å². The lowest BCUT2D eigenvalue weighted by molar-refractivity contribution is -0.132. The summed E-state index contributed by atoms with van der Waals surface area (Å²) in [6.45, 7) is 2.70. The molecular weight excluding hydrogens is 202 g/mol. The van der Waals surface area contributed by atoms with Crippen molar-refractivity contribution in [2.75, 3.05) is 6.61 Å². The molecule has 0 bridgehead atoms. The van der Waals surface area contributed by atoms with Gasteiger partial charge in [-0.1, -0.05) is 6.07 Å². The molecule has 0 saturated carbocycles. The molecule has 1 atom stereocenters. The molecule has 0 spiro atoms. The van der Waals surface area contributed by atoms with E-state index in [-0.39, 0.29) is 11.9 Å². The molecule has 0 N–H and O–H groups in total. The molecule has 2 rings (SSSR count). The van der Waals surface area contributed by atoms with Gasteiger partial charge in [0.1, 0.15) is 6.10 Å². The number of ketones is 1. The maximum Gasteiger partial charge on any atom is 0.167 e. The molecule has 1 aromatic rings. The molecule has 16 heavy (non-hydrogen) atoms. The third kappa shape index (κ3) is 2.67. The molecule has 0 aromatic carbocycles. The molecule has 3 heteroatoms. The lowest BCUT2D eigenvalue weighted by Gasteiger charge is -2.21. The van der Waals surface area contributed by atoms with E-state index < -0.39 is 0 Å². The zero-order valence-corrected chi connectivity index (χ0v) is 9.61. The highest BCUT2D eigenvalue weighted by Crippen LogP contribution is 2.15. The maximum atomic E-state index is 12.0. The fourth-order valence-corrected chi connectivity index (χ4v) is 1.98. The van der Waals surface area contributed by atoms with Crippen molar-refractivity contribution < 1.29 is 9.53 Å². The van der Waals surface area contributed by atoms with Crippen molar-refractivity contribution in [2.45, 2.75) is 38.7 Å². The summed E-state index contributed by atoms with van der Waals surface area (Å²) in [5.41, 5.74) is 1.95. The highest BCUT2D eigenvalue weighted by atomic mass is 16.5. The zero-order valence-electron chi connectivity index (χ0n) is 9.61. The standard InChI is InChI=1S/C13H17NO2/c1-10-5-4-7-14-11(10)9-12(15)13-6-2-3-8-16-13/h4-5,7,13H,2-3,6,8-9H2,1H3. The van der Waals surface area contributed by atoms with Crippen LogP contribution < -0.4 is 0 Å². The molecule has 1 unspecified atom stereocenters. The molecule has 0 amide bonds. The number of ether oxygens (including phenoxy) is 1. The van der Waals surface area contributed by atoms with Crippen LogP contribution in [0.4, 0.5) is 0 Å². The molecule has 0 radical (unpaired) electrons. The minimum Gasteiger partial charge on any atom is -0.370 e. The molecule has 0 aliphatic carbocycles. The van der Waals surface area contributed by atoms with Crippen molar-refractivity contribution in [3.63, 3.8) is 0 Å². The van der Waals surface area contributed by atoms with Crippen LogP contribution in [0.1, 0.15) is 30.5 Å². The van der Waals surface area contributed by atoms with Crippen LogP contribution in [0.5, 0.6) is 0 Å². The summed E-state index contributed by atoms with van der Waals surface area (Å²) in [5.74, 6) is 0.168. The molecule has 2 heterocycles. The van der Waals surface area contributed by atoms with E-state index in [1.165, 1.54) is 0 Å². The second-order valence-corrected chi connectivity index (χ2v) is 4.27. The van der Waals surface area contributed by atoms with E-state index in [0.717, 1.165) is 37.1 Å². The second-order valence-electron chi connectivity index (χ2n) is 4.27. The Morgan fingerprint density at radius 1 is 1.56 bits per heavy atom. The summed E-state index contributed by atoms with van der Waals surface area (Å²) >= 11 is 0. The maximum absolute atomic E-state index is 12.0. The number of rotatable bonds is 3. The lowest BCUT2D eigenvalue weighted by atomic mass is 10.0. The first-order chi connectivity index (χ1) is 7.77.